The molecule has 1 atom stereocenters. The van der Waals surface area contributed by atoms with Crippen LogP contribution in [0.4, 0.5) is 0 Å². The van der Waals surface area contributed by atoms with Gasteiger partial charge < -0.3 is 9.47 Å². The maximum atomic E-state index is 11.4. The van der Waals surface area contributed by atoms with Crippen LogP contribution in [-0.2, 0) is 19.1 Å². The van der Waals surface area contributed by atoms with E-state index >= 15 is 0 Å². The predicted molar refractivity (Wildman–Crippen MR) is 67.1 cm³/mol. The van der Waals surface area contributed by atoms with E-state index in [1.165, 1.54) is 14.0 Å². The number of hydrogen-bond donors (Lipinski definition) is 0. The Morgan fingerprint density at radius 1 is 1.28 bits per heavy atom. The number of halogens is 1. The third-order valence-electron chi connectivity index (χ3n) is 2.22. The van der Waals surface area contributed by atoms with Crippen molar-refractivity contribution >= 4 is 23.5 Å². The van der Waals surface area contributed by atoms with Crippen LogP contribution in [0, 0.1) is 0 Å². The van der Waals surface area contributed by atoms with Crippen LogP contribution in [0.15, 0.2) is 36.4 Å². The molecule has 0 heterocycles. The lowest BCUT2D eigenvalue weighted by Crippen LogP contribution is -2.17. The largest absolute Gasteiger partial charge is 0.466 e. The minimum Gasteiger partial charge on any atom is -0.466 e. The molecule has 0 aromatic heterocycles. The van der Waals surface area contributed by atoms with Gasteiger partial charge in [-0.05, 0) is 17.7 Å². The van der Waals surface area contributed by atoms with Gasteiger partial charge in [0.05, 0.1) is 12.7 Å². The van der Waals surface area contributed by atoms with Gasteiger partial charge in [-0.15, -0.1) is 0 Å². The lowest BCUT2D eigenvalue weighted by atomic mass is 10.0. The average Bonchev–Trinajstić information content (AvgIpc) is 2.35. The summed E-state index contributed by atoms with van der Waals surface area (Å²) in [6, 6.07) is 6.59. The Balaban J connectivity index is 3.05. The van der Waals surface area contributed by atoms with E-state index < -0.39 is 18.0 Å². The van der Waals surface area contributed by atoms with Gasteiger partial charge in [0.15, 0.2) is 6.10 Å². The highest BCUT2D eigenvalue weighted by Crippen LogP contribution is 2.26. The number of rotatable bonds is 4. The Labute approximate surface area is 110 Å². The fourth-order valence-corrected chi connectivity index (χ4v) is 1.51. The highest BCUT2D eigenvalue weighted by molar-refractivity contribution is 6.30. The van der Waals surface area contributed by atoms with Crippen LogP contribution in [0.1, 0.15) is 18.6 Å². The number of carbonyl (C=O) groups is 2. The molecule has 0 saturated carbocycles. The summed E-state index contributed by atoms with van der Waals surface area (Å²) in [5, 5.41) is 0.545. The zero-order chi connectivity index (χ0) is 13.7. The van der Waals surface area contributed by atoms with E-state index in [9.17, 15) is 9.59 Å². The van der Waals surface area contributed by atoms with E-state index in [1.54, 1.807) is 24.3 Å². The molecule has 1 rings (SSSR count). The summed E-state index contributed by atoms with van der Waals surface area (Å²) in [5.41, 5.74) is 0.653. The van der Waals surface area contributed by atoms with E-state index in [0.717, 1.165) is 0 Å². The van der Waals surface area contributed by atoms with Gasteiger partial charge in [0.25, 0.3) is 0 Å². The van der Waals surface area contributed by atoms with Crippen molar-refractivity contribution in [3.63, 3.8) is 0 Å². The van der Waals surface area contributed by atoms with Gasteiger partial charge in [-0.25, -0.2) is 4.79 Å². The van der Waals surface area contributed by atoms with E-state index in [1.807, 2.05) is 0 Å². The van der Waals surface area contributed by atoms with Gasteiger partial charge in [-0.1, -0.05) is 30.3 Å². The quantitative estimate of drug-likeness (QED) is 0.622. The molecular formula is C13H13ClO4. The Kier molecular flexibility index (Phi) is 4.92. The van der Waals surface area contributed by atoms with Crippen molar-refractivity contribution in [3.8, 4) is 0 Å². The summed E-state index contributed by atoms with van der Waals surface area (Å²) in [6.45, 7) is 4.85. The minimum absolute atomic E-state index is 0.0509. The number of esters is 2. The van der Waals surface area contributed by atoms with Crippen LogP contribution in [0.3, 0.4) is 0 Å². The highest BCUT2D eigenvalue weighted by Gasteiger charge is 2.24. The monoisotopic (exact) mass is 268 g/mol. The molecule has 0 aliphatic rings. The first-order valence-electron chi connectivity index (χ1n) is 5.15. The lowest BCUT2D eigenvalue weighted by Gasteiger charge is -2.18. The smallest absolute Gasteiger partial charge is 0.337 e. The van der Waals surface area contributed by atoms with Crippen LogP contribution >= 0.6 is 11.6 Å². The van der Waals surface area contributed by atoms with Gasteiger partial charge in [-0.3, -0.25) is 4.79 Å². The molecule has 0 fully saturated rings. The van der Waals surface area contributed by atoms with E-state index in [-0.39, 0.29) is 5.57 Å². The van der Waals surface area contributed by atoms with Gasteiger partial charge in [0.1, 0.15) is 0 Å². The lowest BCUT2D eigenvalue weighted by molar-refractivity contribution is -0.147. The predicted octanol–water partition coefficient (Wildman–Crippen LogP) is 2.67. The first-order valence-corrected chi connectivity index (χ1v) is 5.53. The molecule has 1 aromatic carbocycles. The Hall–Kier alpha value is -1.81. The van der Waals surface area contributed by atoms with E-state index in [0.29, 0.717) is 10.6 Å². The highest BCUT2D eigenvalue weighted by atomic mass is 35.5. The molecule has 0 aliphatic heterocycles. The molecule has 0 N–H and O–H groups in total. The maximum Gasteiger partial charge on any atom is 0.337 e. The first kappa shape index (κ1) is 14.3. The molecule has 18 heavy (non-hydrogen) atoms. The van der Waals surface area contributed by atoms with Crippen LogP contribution in [0.2, 0.25) is 5.02 Å². The van der Waals surface area contributed by atoms with Crippen LogP contribution in [0.5, 0.6) is 0 Å². The fraction of sp³-hybridized carbons (Fsp3) is 0.231. The van der Waals surface area contributed by atoms with Crippen molar-refractivity contribution in [3.05, 3.63) is 47.0 Å². The van der Waals surface area contributed by atoms with E-state index in [2.05, 4.69) is 11.3 Å². The van der Waals surface area contributed by atoms with Crippen molar-refractivity contribution in [1.82, 2.24) is 0 Å². The van der Waals surface area contributed by atoms with Gasteiger partial charge >= 0.3 is 11.9 Å². The molecular weight excluding hydrogens is 256 g/mol. The zero-order valence-corrected chi connectivity index (χ0v) is 10.9. The Morgan fingerprint density at radius 2 is 1.83 bits per heavy atom. The van der Waals surface area contributed by atoms with Crippen molar-refractivity contribution in [2.45, 2.75) is 13.0 Å². The molecule has 0 amide bonds. The number of ether oxygens (including phenoxy) is 2. The summed E-state index contributed by atoms with van der Waals surface area (Å²) in [5.74, 6) is -1.14. The second kappa shape index (κ2) is 6.21. The molecule has 0 unspecified atom stereocenters. The molecule has 0 saturated heterocycles. The fourth-order valence-electron chi connectivity index (χ4n) is 1.38. The molecule has 0 aliphatic carbocycles. The molecule has 4 nitrogen and oxygen atoms in total. The SMILES string of the molecule is C=C(C(=O)OC)[C@H](OC(C)=O)c1ccc(Cl)cc1. The molecule has 0 bridgehead atoms. The maximum absolute atomic E-state index is 11.4. The van der Waals surface area contributed by atoms with Gasteiger partial charge in [0.2, 0.25) is 0 Å². The second-order valence-corrected chi connectivity index (χ2v) is 3.99. The summed E-state index contributed by atoms with van der Waals surface area (Å²) in [6.07, 6.45) is -0.868. The van der Waals surface area contributed by atoms with Crippen molar-refractivity contribution in [2.75, 3.05) is 7.11 Å². The molecule has 0 radical (unpaired) electrons. The van der Waals surface area contributed by atoms with Crippen LogP contribution in [-0.4, -0.2) is 19.0 Å². The van der Waals surface area contributed by atoms with Crippen molar-refractivity contribution in [2.24, 2.45) is 0 Å². The summed E-state index contributed by atoms with van der Waals surface area (Å²) >= 11 is 5.77. The molecule has 5 heteroatoms. The second-order valence-electron chi connectivity index (χ2n) is 3.56. The standard InChI is InChI=1S/C13H13ClO4/c1-8(13(16)17-3)12(18-9(2)15)10-4-6-11(14)7-5-10/h4-7,12H,1H2,2-3H3/t12-/m0/s1. The summed E-state index contributed by atoms with van der Waals surface area (Å²) in [4.78, 5) is 22.5. The third-order valence-corrected chi connectivity index (χ3v) is 2.47. The van der Waals surface area contributed by atoms with E-state index in [4.69, 9.17) is 16.3 Å². The number of benzene rings is 1. The van der Waals surface area contributed by atoms with Crippen LogP contribution < -0.4 is 0 Å². The van der Waals surface area contributed by atoms with Crippen molar-refractivity contribution in [1.29, 1.82) is 0 Å². The van der Waals surface area contributed by atoms with Crippen LogP contribution in [0.25, 0.3) is 0 Å². The number of methoxy groups -OCH3 is 1. The average molecular weight is 269 g/mol. The van der Waals surface area contributed by atoms with Gasteiger partial charge in [-0.2, -0.15) is 0 Å². The van der Waals surface area contributed by atoms with Gasteiger partial charge in [0, 0.05) is 11.9 Å². The number of hydrogen-bond acceptors (Lipinski definition) is 4. The normalized spacial score (nSPS) is 11.5. The summed E-state index contributed by atoms with van der Waals surface area (Å²) < 4.78 is 9.64. The summed E-state index contributed by atoms with van der Waals surface area (Å²) in [7, 11) is 1.24. The molecule has 1 aromatic rings. The topological polar surface area (TPSA) is 52.6 Å². The molecule has 96 valence electrons. The first-order chi connectivity index (χ1) is 8.45. The third kappa shape index (κ3) is 3.60. The van der Waals surface area contributed by atoms with Crippen molar-refractivity contribution < 1.29 is 19.1 Å². The minimum atomic E-state index is -0.868. The zero-order valence-electron chi connectivity index (χ0n) is 10.1. The Morgan fingerprint density at radius 3 is 2.28 bits per heavy atom. The number of carbonyl (C=O) groups excluding carboxylic acids is 2. The Bertz CT molecular complexity index is 464. The molecule has 0 spiro atoms.